The SMILES string of the molecule is CCn1nc(C)c([N+](=O)[O-])c1NC1CCCNC1C. The van der Waals surface area contributed by atoms with Crippen LogP contribution in [0.1, 0.15) is 32.4 Å². The normalized spacial score (nSPS) is 23.3. The highest BCUT2D eigenvalue weighted by Crippen LogP contribution is 2.30. The van der Waals surface area contributed by atoms with Crippen LogP contribution >= 0.6 is 0 Å². The molecule has 1 saturated heterocycles. The van der Waals surface area contributed by atoms with Gasteiger partial charge in [-0.1, -0.05) is 0 Å². The molecule has 1 aromatic heterocycles. The molecule has 0 saturated carbocycles. The minimum atomic E-state index is -0.349. The lowest BCUT2D eigenvalue weighted by molar-refractivity contribution is -0.384. The summed E-state index contributed by atoms with van der Waals surface area (Å²) in [6, 6.07) is 0.503. The van der Waals surface area contributed by atoms with Crippen molar-refractivity contribution < 1.29 is 4.92 Å². The van der Waals surface area contributed by atoms with Gasteiger partial charge in [0.2, 0.25) is 5.82 Å². The van der Waals surface area contributed by atoms with Gasteiger partial charge in [0.15, 0.2) is 0 Å². The number of rotatable bonds is 4. The number of nitro groups is 1. The van der Waals surface area contributed by atoms with Gasteiger partial charge in [0, 0.05) is 18.6 Å². The fraction of sp³-hybridized carbons (Fsp3) is 0.750. The third-order valence-corrected chi connectivity index (χ3v) is 3.66. The molecule has 7 nitrogen and oxygen atoms in total. The van der Waals surface area contributed by atoms with Crippen LogP contribution in [-0.4, -0.2) is 33.3 Å². The summed E-state index contributed by atoms with van der Waals surface area (Å²) in [4.78, 5) is 10.8. The molecule has 1 aromatic rings. The fourth-order valence-corrected chi connectivity index (χ4v) is 2.58. The first kappa shape index (κ1) is 13.8. The van der Waals surface area contributed by atoms with Gasteiger partial charge in [0.05, 0.1) is 4.92 Å². The van der Waals surface area contributed by atoms with Gasteiger partial charge in [-0.15, -0.1) is 0 Å². The van der Waals surface area contributed by atoms with E-state index in [1.165, 1.54) is 0 Å². The first-order chi connectivity index (χ1) is 9.04. The quantitative estimate of drug-likeness (QED) is 0.640. The lowest BCUT2D eigenvalue weighted by Crippen LogP contribution is -2.46. The molecule has 0 aliphatic carbocycles. The highest BCUT2D eigenvalue weighted by Gasteiger charge is 2.29. The lowest BCUT2D eigenvalue weighted by Gasteiger charge is -2.31. The molecule has 0 amide bonds. The van der Waals surface area contributed by atoms with E-state index in [4.69, 9.17) is 0 Å². The molecule has 2 unspecified atom stereocenters. The zero-order valence-corrected chi connectivity index (χ0v) is 11.6. The molecule has 106 valence electrons. The molecular weight excluding hydrogens is 246 g/mol. The number of piperidine rings is 1. The molecular formula is C12H21N5O2. The zero-order valence-electron chi connectivity index (χ0n) is 11.6. The Morgan fingerprint density at radius 2 is 2.37 bits per heavy atom. The summed E-state index contributed by atoms with van der Waals surface area (Å²) in [5, 5.41) is 22.1. The Morgan fingerprint density at radius 1 is 1.63 bits per heavy atom. The highest BCUT2D eigenvalue weighted by molar-refractivity contribution is 5.60. The second-order valence-electron chi connectivity index (χ2n) is 4.99. The largest absolute Gasteiger partial charge is 0.360 e. The van der Waals surface area contributed by atoms with Crippen LogP contribution in [0.25, 0.3) is 0 Å². The maximum atomic E-state index is 11.2. The molecule has 0 radical (unpaired) electrons. The second kappa shape index (κ2) is 5.56. The molecule has 2 atom stereocenters. The fourth-order valence-electron chi connectivity index (χ4n) is 2.58. The van der Waals surface area contributed by atoms with Crippen LogP contribution < -0.4 is 10.6 Å². The van der Waals surface area contributed by atoms with Crippen LogP contribution in [0.2, 0.25) is 0 Å². The smallest absolute Gasteiger partial charge is 0.333 e. The van der Waals surface area contributed by atoms with Gasteiger partial charge < -0.3 is 10.6 Å². The van der Waals surface area contributed by atoms with E-state index >= 15 is 0 Å². The number of nitrogens with zero attached hydrogens (tertiary/aromatic N) is 3. The van der Waals surface area contributed by atoms with Gasteiger partial charge in [-0.3, -0.25) is 10.1 Å². The Hall–Kier alpha value is -1.63. The van der Waals surface area contributed by atoms with Crippen molar-refractivity contribution in [1.29, 1.82) is 0 Å². The number of aryl methyl sites for hydroxylation is 2. The molecule has 0 bridgehead atoms. The van der Waals surface area contributed by atoms with E-state index in [1.807, 2.05) is 6.92 Å². The molecule has 19 heavy (non-hydrogen) atoms. The molecule has 2 rings (SSSR count). The van der Waals surface area contributed by atoms with E-state index in [-0.39, 0.29) is 16.7 Å². The van der Waals surface area contributed by atoms with Crippen molar-refractivity contribution in [2.24, 2.45) is 0 Å². The van der Waals surface area contributed by atoms with E-state index in [0.29, 0.717) is 24.1 Å². The summed E-state index contributed by atoms with van der Waals surface area (Å²) in [5.74, 6) is 0.533. The monoisotopic (exact) mass is 267 g/mol. The summed E-state index contributed by atoms with van der Waals surface area (Å²) < 4.78 is 1.68. The average molecular weight is 267 g/mol. The second-order valence-corrected chi connectivity index (χ2v) is 4.99. The average Bonchev–Trinajstić information content (AvgIpc) is 2.68. The van der Waals surface area contributed by atoms with Gasteiger partial charge >= 0.3 is 5.69 Å². The van der Waals surface area contributed by atoms with Crippen LogP contribution in [0.4, 0.5) is 11.5 Å². The number of anilines is 1. The summed E-state index contributed by atoms with van der Waals surface area (Å²) in [5.41, 5.74) is 0.561. The first-order valence-corrected chi connectivity index (χ1v) is 6.76. The van der Waals surface area contributed by atoms with E-state index in [9.17, 15) is 10.1 Å². The number of hydrogen-bond acceptors (Lipinski definition) is 5. The van der Waals surface area contributed by atoms with Gasteiger partial charge in [0.1, 0.15) is 5.69 Å². The van der Waals surface area contributed by atoms with Crippen molar-refractivity contribution in [2.75, 3.05) is 11.9 Å². The molecule has 0 spiro atoms. The minimum Gasteiger partial charge on any atom is -0.360 e. The van der Waals surface area contributed by atoms with Gasteiger partial charge in [0.25, 0.3) is 0 Å². The highest BCUT2D eigenvalue weighted by atomic mass is 16.6. The van der Waals surface area contributed by atoms with Crippen LogP contribution in [0.3, 0.4) is 0 Å². The molecule has 0 aromatic carbocycles. The van der Waals surface area contributed by atoms with Crippen LogP contribution in [0, 0.1) is 17.0 Å². The summed E-state index contributed by atoms with van der Waals surface area (Å²) >= 11 is 0. The molecule has 1 aliphatic heterocycles. The molecule has 1 fully saturated rings. The van der Waals surface area contributed by atoms with Gasteiger partial charge in [-0.25, -0.2) is 4.68 Å². The first-order valence-electron chi connectivity index (χ1n) is 6.76. The van der Waals surface area contributed by atoms with E-state index in [0.717, 1.165) is 19.4 Å². The topological polar surface area (TPSA) is 85.0 Å². The van der Waals surface area contributed by atoms with Crippen molar-refractivity contribution in [1.82, 2.24) is 15.1 Å². The number of aromatic nitrogens is 2. The Kier molecular flexibility index (Phi) is 4.04. The maximum absolute atomic E-state index is 11.2. The Labute approximate surface area is 112 Å². The maximum Gasteiger partial charge on any atom is 0.333 e. The van der Waals surface area contributed by atoms with Gasteiger partial charge in [-0.2, -0.15) is 5.10 Å². The summed E-state index contributed by atoms with van der Waals surface area (Å²) in [6.07, 6.45) is 2.09. The Bertz CT molecular complexity index is 471. The third kappa shape index (κ3) is 2.70. The molecule has 2 heterocycles. The number of nitrogens with one attached hydrogen (secondary N) is 2. The Balaban J connectivity index is 2.29. The van der Waals surface area contributed by atoms with Crippen molar-refractivity contribution in [3.05, 3.63) is 15.8 Å². The van der Waals surface area contributed by atoms with Crippen LogP contribution in [0.15, 0.2) is 0 Å². The summed E-state index contributed by atoms with van der Waals surface area (Å²) in [7, 11) is 0. The zero-order chi connectivity index (χ0) is 14.0. The third-order valence-electron chi connectivity index (χ3n) is 3.66. The van der Waals surface area contributed by atoms with Crippen LogP contribution in [0.5, 0.6) is 0 Å². The van der Waals surface area contributed by atoms with Crippen molar-refractivity contribution in [2.45, 2.75) is 52.2 Å². The predicted octanol–water partition coefficient (Wildman–Crippen LogP) is 1.67. The van der Waals surface area contributed by atoms with Crippen molar-refractivity contribution >= 4 is 11.5 Å². The standard InChI is InChI=1S/C12H21N5O2/c1-4-16-12(11(17(18)19)9(3)15-16)14-10-6-5-7-13-8(10)2/h8,10,13-14H,4-7H2,1-3H3. The van der Waals surface area contributed by atoms with Crippen LogP contribution in [-0.2, 0) is 6.54 Å². The van der Waals surface area contributed by atoms with Crippen molar-refractivity contribution in [3.8, 4) is 0 Å². The molecule has 7 heteroatoms. The minimum absolute atomic E-state index is 0.0969. The van der Waals surface area contributed by atoms with E-state index < -0.39 is 0 Å². The van der Waals surface area contributed by atoms with E-state index in [1.54, 1.807) is 11.6 Å². The predicted molar refractivity (Wildman–Crippen MR) is 73.4 cm³/mol. The lowest BCUT2D eigenvalue weighted by atomic mass is 10.00. The molecule has 2 N–H and O–H groups in total. The Morgan fingerprint density at radius 3 is 2.95 bits per heavy atom. The molecule has 1 aliphatic rings. The van der Waals surface area contributed by atoms with Gasteiger partial charge in [-0.05, 0) is 40.2 Å². The van der Waals surface area contributed by atoms with Crippen molar-refractivity contribution in [3.63, 3.8) is 0 Å². The summed E-state index contributed by atoms with van der Waals surface area (Å²) in [6.45, 7) is 7.34. The number of hydrogen-bond donors (Lipinski definition) is 2. The van der Waals surface area contributed by atoms with E-state index in [2.05, 4.69) is 22.7 Å².